The van der Waals surface area contributed by atoms with E-state index in [9.17, 15) is 4.79 Å². The van der Waals surface area contributed by atoms with Crippen LogP contribution >= 0.6 is 0 Å². The van der Waals surface area contributed by atoms with E-state index in [-0.39, 0.29) is 11.8 Å². The maximum Gasteiger partial charge on any atom is 0.263 e. The Balaban J connectivity index is 1.43. The van der Waals surface area contributed by atoms with Crippen LogP contribution in [0.3, 0.4) is 0 Å². The van der Waals surface area contributed by atoms with Gasteiger partial charge in [-0.1, -0.05) is 30.3 Å². The standard InChI is InChI=1S/C23H29N5O3/c1-4-18-20-21(25-15(2)26-23(20)31-27-18)28-13-7-9-17(14-28)22(29)24-12-11-16-8-5-6-10-19(16)30-3/h5-6,8,10,17H,4,7,9,11-14H2,1-3H3,(H,24,29)/t17-/m1/s1. The van der Waals surface area contributed by atoms with Crippen molar-refractivity contribution < 1.29 is 14.1 Å². The van der Waals surface area contributed by atoms with Gasteiger partial charge in [0, 0.05) is 19.6 Å². The minimum atomic E-state index is -0.0818. The van der Waals surface area contributed by atoms with E-state index in [1.807, 2.05) is 38.1 Å². The van der Waals surface area contributed by atoms with Crippen LogP contribution in [0.25, 0.3) is 11.1 Å². The number of para-hydroxylation sites is 1. The molecule has 1 aromatic carbocycles. The van der Waals surface area contributed by atoms with Crippen LogP contribution in [0.4, 0.5) is 5.82 Å². The number of anilines is 1. The third-order valence-corrected chi connectivity index (χ3v) is 5.81. The van der Waals surface area contributed by atoms with E-state index < -0.39 is 0 Å². The summed E-state index contributed by atoms with van der Waals surface area (Å²) in [6.45, 7) is 5.95. The lowest BCUT2D eigenvalue weighted by molar-refractivity contribution is -0.125. The lowest BCUT2D eigenvalue weighted by Gasteiger charge is -2.33. The number of aromatic nitrogens is 3. The molecule has 8 nitrogen and oxygen atoms in total. The van der Waals surface area contributed by atoms with E-state index in [0.717, 1.165) is 60.4 Å². The van der Waals surface area contributed by atoms with Crippen molar-refractivity contribution in [3.8, 4) is 5.75 Å². The third kappa shape index (κ3) is 4.47. The SMILES string of the molecule is CCc1noc2nc(C)nc(N3CCC[C@@H](C(=O)NCCc4ccccc4OC)C3)c12. The highest BCUT2D eigenvalue weighted by atomic mass is 16.5. The fourth-order valence-corrected chi connectivity index (χ4v) is 4.22. The highest BCUT2D eigenvalue weighted by Gasteiger charge is 2.29. The summed E-state index contributed by atoms with van der Waals surface area (Å²) in [6, 6.07) is 7.90. The van der Waals surface area contributed by atoms with Gasteiger partial charge in [-0.2, -0.15) is 4.98 Å². The van der Waals surface area contributed by atoms with Crippen molar-refractivity contribution in [2.75, 3.05) is 31.6 Å². The zero-order chi connectivity index (χ0) is 21.8. The fraction of sp³-hybridized carbons (Fsp3) is 0.478. The number of carbonyl (C=O) groups is 1. The van der Waals surface area contributed by atoms with Crippen molar-refractivity contribution in [1.29, 1.82) is 0 Å². The number of ether oxygens (including phenoxy) is 1. The Morgan fingerprint density at radius 2 is 2.16 bits per heavy atom. The molecule has 4 rings (SSSR count). The number of rotatable bonds is 7. The highest BCUT2D eigenvalue weighted by molar-refractivity contribution is 5.89. The summed E-state index contributed by atoms with van der Waals surface area (Å²) < 4.78 is 10.8. The van der Waals surface area contributed by atoms with Crippen molar-refractivity contribution in [2.24, 2.45) is 5.92 Å². The fourth-order valence-electron chi connectivity index (χ4n) is 4.22. The molecule has 1 aliphatic heterocycles. The van der Waals surface area contributed by atoms with Crippen LogP contribution in [-0.4, -0.2) is 47.8 Å². The number of fused-ring (bicyclic) bond motifs is 1. The molecule has 1 fully saturated rings. The molecule has 1 atom stereocenters. The maximum atomic E-state index is 12.9. The summed E-state index contributed by atoms with van der Waals surface area (Å²) in [5, 5.41) is 8.13. The molecule has 0 radical (unpaired) electrons. The van der Waals surface area contributed by atoms with Crippen LogP contribution in [0.15, 0.2) is 28.8 Å². The van der Waals surface area contributed by atoms with Crippen LogP contribution < -0.4 is 15.0 Å². The number of methoxy groups -OCH3 is 1. The molecule has 0 spiro atoms. The lowest BCUT2D eigenvalue weighted by atomic mass is 9.96. The molecule has 3 heterocycles. The van der Waals surface area contributed by atoms with Gasteiger partial charge in [0.1, 0.15) is 22.8 Å². The van der Waals surface area contributed by atoms with Gasteiger partial charge < -0.3 is 19.5 Å². The first-order chi connectivity index (χ1) is 15.1. The quantitative estimate of drug-likeness (QED) is 0.624. The number of hydrogen-bond donors (Lipinski definition) is 1. The Bertz CT molecular complexity index is 1060. The molecule has 164 valence electrons. The number of piperidine rings is 1. The third-order valence-electron chi connectivity index (χ3n) is 5.81. The Morgan fingerprint density at radius 3 is 2.97 bits per heavy atom. The summed E-state index contributed by atoms with van der Waals surface area (Å²) in [5.41, 5.74) is 2.46. The average Bonchev–Trinajstić information content (AvgIpc) is 3.21. The van der Waals surface area contributed by atoms with E-state index in [4.69, 9.17) is 9.26 Å². The molecule has 1 N–H and O–H groups in total. The molecule has 8 heteroatoms. The van der Waals surface area contributed by atoms with Crippen molar-refractivity contribution in [1.82, 2.24) is 20.4 Å². The smallest absolute Gasteiger partial charge is 0.263 e. The molecule has 0 saturated carbocycles. The van der Waals surface area contributed by atoms with Crippen LogP contribution in [0.1, 0.15) is 36.8 Å². The molecule has 0 aliphatic carbocycles. The summed E-state index contributed by atoms with van der Waals surface area (Å²) in [5.74, 6) is 2.32. The number of hydrogen-bond acceptors (Lipinski definition) is 7. The van der Waals surface area contributed by atoms with Crippen LogP contribution in [0.5, 0.6) is 5.75 Å². The van der Waals surface area contributed by atoms with E-state index in [0.29, 0.717) is 24.6 Å². The van der Waals surface area contributed by atoms with Crippen molar-refractivity contribution in [2.45, 2.75) is 39.5 Å². The van der Waals surface area contributed by atoms with E-state index >= 15 is 0 Å². The van der Waals surface area contributed by atoms with Crippen molar-refractivity contribution in [3.05, 3.63) is 41.3 Å². The van der Waals surface area contributed by atoms with E-state index in [1.165, 1.54) is 0 Å². The first-order valence-corrected chi connectivity index (χ1v) is 10.9. The largest absolute Gasteiger partial charge is 0.496 e. The van der Waals surface area contributed by atoms with Crippen molar-refractivity contribution in [3.63, 3.8) is 0 Å². The minimum Gasteiger partial charge on any atom is -0.496 e. The van der Waals surface area contributed by atoms with E-state index in [1.54, 1.807) is 7.11 Å². The van der Waals surface area contributed by atoms with Crippen LogP contribution in [0, 0.1) is 12.8 Å². The van der Waals surface area contributed by atoms with Gasteiger partial charge in [-0.3, -0.25) is 4.79 Å². The normalized spacial score (nSPS) is 16.5. The average molecular weight is 424 g/mol. The first-order valence-electron chi connectivity index (χ1n) is 10.9. The van der Waals surface area contributed by atoms with Crippen LogP contribution in [0.2, 0.25) is 0 Å². The van der Waals surface area contributed by atoms with Crippen LogP contribution in [-0.2, 0) is 17.6 Å². The second-order valence-electron chi connectivity index (χ2n) is 7.90. The number of aryl methyl sites for hydroxylation is 2. The Hall–Kier alpha value is -3.16. The molecular weight excluding hydrogens is 394 g/mol. The van der Waals surface area contributed by atoms with E-state index in [2.05, 4.69) is 25.3 Å². The Kier molecular flexibility index (Phi) is 6.34. The Labute approximate surface area is 182 Å². The monoisotopic (exact) mass is 423 g/mol. The molecule has 1 saturated heterocycles. The zero-order valence-corrected chi connectivity index (χ0v) is 18.4. The summed E-state index contributed by atoms with van der Waals surface area (Å²) in [4.78, 5) is 24.1. The molecule has 0 unspecified atom stereocenters. The second kappa shape index (κ2) is 9.32. The number of nitrogens with one attached hydrogen (secondary N) is 1. The number of amides is 1. The maximum absolute atomic E-state index is 12.9. The second-order valence-corrected chi connectivity index (χ2v) is 7.90. The van der Waals surface area contributed by atoms with Crippen molar-refractivity contribution >= 4 is 22.8 Å². The summed E-state index contributed by atoms with van der Waals surface area (Å²) >= 11 is 0. The molecule has 3 aromatic rings. The summed E-state index contributed by atoms with van der Waals surface area (Å²) in [6.07, 6.45) is 3.28. The number of benzene rings is 1. The zero-order valence-electron chi connectivity index (χ0n) is 18.4. The van der Waals surface area contributed by atoms with Gasteiger partial charge in [-0.05, 0) is 44.2 Å². The van der Waals surface area contributed by atoms with Gasteiger partial charge in [0.15, 0.2) is 0 Å². The van der Waals surface area contributed by atoms with Gasteiger partial charge in [0.2, 0.25) is 5.91 Å². The van der Waals surface area contributed by atoms with Gasteiger partial charge >= 0.3 is 0 Å². The van der Waals surface area contributed by atoms with Gasteiger partial charge in [-0.15, -0.1) is 0 Å². The molecular formula is C23H29N5O3. The molecule has 2 aromatic heterocycles. The molecule has 0 bridgehead atoms. The Morgan fingerprint density at radius 1 is 1.32 bits per heavy atom. The van der Waals surface area contributed by atoms with Gasteiger partial charge in [0.25, 0.3) is 5.71 Å². The number of carbonyl (C=O) groups excluding carboxylic acids is 1. The molecule has 31 heavy (non-hydrogen) atoms. The predicted molar refractivity (Wildman–Crippen MR) is 118 cm³/mol. The lowest BCUT2D eigenvalue weighted by Crippen LogP contribution is -2.44. The predicted octanol–water partition coefficient (Wildman–Crippen LogP) is 3.07. The first kappa shape index (κ1) is 21.1. The molecule has 1 amide bonds. The van der Waals surface area contributed by atoms with Gasteiger partial charge in [-0.25, -0.2) is 4.98 Å². The van der Waals surface area contributed by atoms with Gasteiger partial charge in [0.05, 0.1) is 18.7 Å². The topological polar surface area (TPSA) is 93.4 Å². The minimum absolute atomic E-state index is 0.0818. The highest BCUT2D eigenvalue weighted by Crippen LogP contribution is 2.31. The molecule has 1 aliphatic rings. The number of nitrogens with zero attached hydrogens (tertiary/aromatic N) is 4. The summed E-state index contributed by atoms with van der Waals surface area (Å²) in [7, 11) is 1.67.